The maximum Gasteiger partial charge on any atom is 0.314 e. The van der Waals surface area contributed by atoms with Crippen molar-refractivity contribution >= 4 is 29.3 Å². The minimum absolute atomic E-state index is 0.169. The van der Waals surface area contributed by atoms with Gasteiger partial charge in [0.05, 0.1) is 17.8 Å². The van der Waals surface area contributed by atoms with Gasteiger partial charge in [-0.05, 0) is 64.5 Å². The van der Waals surface area contributed by atoms with Crippen molar-refractivity contribution in [2.24, 2.45) is 22.7 Å². The van der Waals surface area contributed by atoms with E-state index in [4.69, 9.17) is 25.8 Å². The normalized spacial score (nSPS) is 48.1. The summed E-state index contributed by atoms with van der Waals surface area (Å²) in [5.41, 5.74) is 0.558. The van der Waals surface area contributed by atoms with E-state index in [2.05, 4.69) is 6.08 Å². The van der Waals surface area contributed by atoms with Crippen LogP contribution < -0.4 is 0 Å². The second-order valence-electron chi connectivity index (χ2n) is 10.8. The van der Waals surface area contributed by atoms with E-state index in [1.54, 1.807) is 6.92 Å². The van der Waals surface area contributed by atoms with Gasteiger partial charge in [-0.3, -0.25) is 14.4 Å². The quantitative estimate of drug-likeness (QED) is 0.413. The molecular weight excluding hydrogens is 420 g/mol. The number of hydrogen-bond donors (Lipinski definition) is 0. The number of Topliss-reactive ketones (excluding diaryl/α,β-unsaturated/α-hetero) is 1. The number of hydrogen-bond acceptors (Lipinski definition) is 6. The van der Waals surface area contributed by atoms with Crippen LogP contribution in [0.25, 0.3) is 0 Å². The third-order valence-corrected chi connectivity index (χ3v) is 9.62. The highest BCUT2D eigenvalue weighted by Crippen LogP contribution is 2.70. The number of ether oxygens (including phenoxy) is 3. The van der Waals surface area contributed by atoms with E-state index in [-0.39, 0.29) is 30.1 Å². The predicted octanol–water partition coefficient (Wildman–Crippen LogP) is 3.86. The van der Waals surface area contributed by atoms with Crippen molar-refractivity contribution in [2.75, 3.05) is 0 Å². The molecule has 2 aliphatic carbocycles. The molecule has 0 aromatic carbocycles. The SMILES string of the molecule is CC1=C2CC(=O)OC(C)(C)C2=CC[C@@]2(C)[C@H]1C[C@@]1(C)C(=O)O[C@@H]3O[C@@H](C)C(=O)[C@]2(Cl)[C@H]31. The summed E-state index contributed by atoms with van der Waals surface area (Å²) in [4.78, 5) is 37.8. The topological polar surface area (TPSA) is 78.9 Å². The van der Waals surface area contributed by atoms with Crippen molar-refractivity contribution in [2.45, 2.75) is 83.7 Å². The number of alkyl halides is 1. The number of carbonyl (C=O) groups is 3. The molecule has 3 saturated heterocycles. The Bertz CT molecular complexity index is 994. The molecule has 0 spiro atoms. The van der Waals surface area contributed by atoms with Crippen LogP contribution in [0, 0.1) is 22.7 Å². The molecule has 1 saturated carbocycles. The molecular formula is C24H29ClO6. The lowest BCUT2D eigenvalue weighted by Crippen LogP contribution is -2.70. The van der Waals surface area contributed by atoms with Crippen LogP contribution in [0.15, 0.2) is 22.8 Å². The molecule has 7 atom stereocenters. The standard InChI is InChI=1S/C24H29ClO6/c1-11-13-9-16(26)31-21(3,4)14(13)7-8-23(6)15(11)10-22(5)17-19(30-20(22)28)29-12(2)18(27)24(17,23)25/h7,12,15,17,19H,8-10H2,1-6H3/t12-,15-,17+,19-,22+,23-,24+/m0/s1. The molecule has 0 aromatic rings. The molecule has 0 unspecified atom stereocenters. The third kappa shape index (κ3) is 2.36. The molecule has 0 N–H and O–H groups in total. The number of rotatable bonds is 0. The van der Waals surface area contributed by atoms with E-state index < -0.39 is 39.6 Å². The second kappa shape index (κ2) is 6.02. The van der Waals surface area contributed by atoms with Crippen molar-refractivity contribution in [3.63, 3.8) is 0 Å². The first-order valence-corrected chi connectivity index (χ1v) is 11.4. The first-order valence-electron chi connectivity index (χ1n) is 11.0. The Morgan fingerprint density at radius 3 is 2.48 bits per heavy atom. The number of halogens is 1. The predicted molar refractivity (Wildman–Crippen MR) is 112 cm³/mol. The summed E-state index contributed by atoms with van der Waals surface area (Å²) < 4.78 is 17.1. The Kier molecular flexibility index (Phi) is 4.11. The lowest BCUT2D eigenvalue weighted by atomic mass is 9.45. The molecule has 5 rings (SSSR count). The van der Waals surface area contributed by atoms with Gasteiger partial charge in [-0.25, -0.2) is 0 Å². The van der Waals surface area contributed by atoms with E-state index in [9.17, 15) is 14.4 Å². The fourth-order valence-corrected chi connectivity index (χ4v) is 7.78. The van der Waals surface area contributed by atoms with Crippen LogP contribution in [0.5, 0.6) is 0 Å². The van der Waals surface area contributed by atoms with Gasteiger partial charge in [-0.2, -0.15) is 0 Å². The van der Waals surface area contributed by atoms with Crippen molar-refractivity contribution < 1.29 is 28.6 Å². The van der Waals surface area contributed by atoms with E-state index in [1.165, 1.54) is 0 Å². The number of fused-ring (bicyclic) bond motifs is 3. The van der Waals surface area contributed by atoms with Crippen LogP contribution in [0.2, 0.25) is 0 Å². The van der Waals surface area contributed by atoms with Gasteiger partial charge in [0, 0.05) is 5.41 Å². The maximum absolute atomic E-state index is 13.7. The van der Waals surface area contributed by atoms with Crippen molar-refractivity contribution in [1.29, 1.82) is 0 Å². The molecule has 3 aliphatic heterocycles. The Labute approximate surface area is 187 Å². The smallest absolute Gasteiger partial charge is 0.314 e. The number of allylic oxidation sites excluding steroid dienone is 2. The van der Waals surface area contributed by atoms with Crippen LogP contribution in [0.1, 0.15) is 60.8 Å². The average Bonchev–Trinajstić information content (AvgIpc) is 2.84. The average molecular weight is 449 g/mol. The molecule has 0 amide bonds. The highest BCUT2D eigenvalue weighted by atomic mass is 35.5. The summed E-state index contributed by atoms with van der Waals surface area (Å²) in [6.07, 6.45) is 1.71. The molecule has 5 aliphatic rings. The maximum atomic E-state index is 13.7. The molecule has 6 nitrogen and oxygen atoms in total. The molecule has 7 heteroatoms. The van der Waals surface area contributed by atoms with E-state index in [0.717, 1.165) is 16.7 Å². The highest BCUT2D eigenvalue weighted by molar-refractivity contribution is 6.37. The van der Waals surface area contributed by atoms with Gasteiger partial charge in [0.25, 0.3) is 0 Å². The first kappa shape index (κ1) is 21.2. The van der Waals surface area contributed by atoms with Crippen LogP contribution in [-0.2, 0) is 28.6 Å². The van der Waals surface area contributed by atoms with Crippen LogP contribution in [0.4, 0.5) is 0 Å². The van der Waals surface area contributed by atoms with Gasteiger partial charge < -0.3 is 14.2 Å². The van der Waals surface area contributed by atoms with E-state index in [0.29, 0.717) is 12.8 Å². The molecule has 4 fully saturated rings. The third-order valence-electron chi connectivity index (χ3n) is 8.76. The molecule has 31 heavy (non-hydrogen) atoms. The summed E-state index contributed by atoms with van der Waals surface area (Å²) in [6.45, 7) is 11.4. The fourth-order valence-electron chi connectivity index (χ4n) is 7.08. The minimum Gasteiger partial charge on any atom is -0.455 e. The largest absolute Gasteiger partial charge is 0.455 e. The molecule has 0 aromatic heterocycles. The number of carbonyl (C=O) groups excluding carboxylic acids is 3. The minimum atomic E-state index is -1.33. The molecule has 3 heterocycles. The monoisotopic (exact) mass is 448 g/mol. The van der Waals surface area contributed by atoms with E-state index >= 15 is 0 Å². The van der Waals surface area contributed by atoms with Gasteiger partial charge in [0.2, 0.25) is 6.29 Å². The zero-order valence-corrected chi connectivity index (χ0v) is 19.6. The van der Waals surface area contributed by atoms with E-state index in [1.807, 2.05) is 34.6 Å². The zero-order chi connectivity index (χ0) is 22.7. The van der Waals surface area contributed by atoms with Crippen molar-refractivity contribution in [1.82, 2.24) is 0 Å². The van der Waals surface area contributed by atoms with Gasteiger partial charge in [0.15, 0.2) is 5.78 Å². The van der Waals surface area contributed by atoms with Crippen LogP contribution >= 0.6 is 11.6 Å². The second-order valence-corrected chi connectivity index (χ2v) is 11.4. The van der Waals surface area contributed by atoms with Crippen molar-refractivity contribution in [3.05, 3.63) is 22.8 Å². The summed E-state index contributed by atoms with van der Waals surface area (Å²) in [6, 6.07) is 0. The summed E-state index contributed by atoms with van der Waals surface area (Å²) >= 11 is 7.44. The van der Waals surface area contributed by atoms with Crippen LogP contribution in [0.3, 0.4) is 0 Å². The van der Waals surface area contributed by atoms with Gasteiger partial charge in [0.1, 0.15) is 16.6 Å². The fraction of sp³-hybridized carbons (Fsp3) is 0.708. The Hall–Kier alpha value is -1.66. The number of ketones is 1. The molecule has 0 radical (unpaired) electrons. The number of cyclic esters (lactones) is 1. The van der Waals surface area contributed by atoms with Crippen molar-refractivity contribution in [3.8, 4) is 0 Å². The Balaban J connectivity index is 1.77. The number of esters is 2. The molecule has 168 valence electrons. The first-order chi connectivity index (χ1) is 14.3. The Morgan fingerprint density at radius 2 is 1.81 bits per heavy atom. The lowest BCUT2D eigenvalue weighted by Gasteiger charge is -2.61. The Morgan fingerprint density at radius 1 is 1.13 bits per heavy atom. The lowest BCUT2D eigenvalue weighted by molar-refractivity contribution is -0.212. The summed E-state index contributed by atoms with van der Waals surface area (Å²) in [5.74, 6) is -1.56. The summed E-state index contributed by atoms with van der Waals surface area (Å²) in [5, 5.41) is 0. The molecule has 0 bridgehead atoms. The van der Waals surface area contributed by atoms with Gasteiger partial charge >= 0.3 is 11.9 Å². The van der Waals surface area contributed by atoms with Gasteiger partial charge in [-0.15, -0.1) is 11.6 Å². The van der Waals surface area contributed by atoms with Gasteiger partial charge in [-0.1, -0.05) is 18.6 Å². The zero-order valence-electron chi connectivity index (χ0n) is 18.8. The highest BCUT2D eigenvalue weighted by Gasteiger charge is 2.77. The van der Waals surface area contributed by atoms with Crippen LogP contribution in [-0.4, -0.2) is 40.6 Å². The summed E-state index contributed by atoms with van der Waals surface area (Å²) in [7, 11) is 0.